The van der Waals surface area contributed by atoms with Crippen molar-refractivity contribution in [2.24, 2.45) is 22.8 Å². The molecule has 2 atom stereocenters. The van der Waals surface area contributed by atoms with Crippen LogP contribution in [0.5, 0.6) is 0 Å². The molecule has 0 spiro atoms. The Bertz CT molecular complexity index is 1070. The summed E-state index contributed by atoms with van der Waals surface area (Å²) in [6.07, 6.45) is 1.16. The summed E-state index contributed by atoms with van der Waals surface area (Å²) in [5.74, 6) is -0.461. The fourth-order valence-electron chi connectivity index (χ4n) is 3.56. The monoisotopic (exact) mass is 450 g/mol. The van der Waals surface area contributed by atoms with Crippen LogP contribution in [0.2, 0.25) is 0 Å². The molecule has 9 heteroatoms. The number of hydrogen-bond donors (Lipinski definition) is 4. The normalized spacial score (nSPS) is 18.0. The molecule has 0 aliphatic carbocycles. The number of nitrogens with two attached hydrogens (primary N) is 2. The van der Waals surface area contributed by atoms with E-state index in [9.17, 15) is 14.4 Å². The van der Waals surface area contributed by atoms with Crippen LogP contribution in [-0.4, -0.2) is 35.3 Å². The standard InChI is InChI=1S/C24H30N6O3/c1-5-18(31)16-12-13-30(20(16)25)22-17(21(26)32)10-11-19(29-22)27-14-6-8-15(9-7-14)28-23(33)24(2,3)4/h5-11,16,20H,1,12-13,25H2,2-4H3,(H2,26,32)(H,27,29)(H,28,33). The zero-order valence-corrected chi connectivity index (χ0v) is 19.1. The summed E-state index contributed by atoms with van der Waals surface area (Å²) in [4.78, 5) is 42.6. The van der Waals surface area contributed by atoms with Gasteiger partial charge in [0.15, 0.2) is 5.78 Å². The highest BCUT2D eigenvalue weighted by Crippen LogP contribution is 2.31. The van der Waals surface area contributed by atoms with Crippen LogP contribution in [-0.2, 0) is 9.59 Å². The van der Waals surface area contributed by atoms with Crippen LogP contribution < -0.4 is 27.0 Å². The fraction of sp³-hybridized carbons (Fsp3) is 0.333. The van der Waals surface area contributed by atoms with Crippen molar-refractivity contribution < 1.29 is 14.4 Å². The predicted octanol–water partition coefficient (Wildman–Crippen LogP) is 2.77. The van der Waals surface area contributed by atoms with Crippen LogP contribution in [0.25, 0.3) is 0 Å². The van der Waals surface area contributed by atoms with Crippen LogP contribution in [0.4, 0.5) is 23.0 Å². The summed E-state index contributed by atoms with van der Waals surface area (Å²) in [5, 5.41) is 6.05. The Hall–Kier alpha value is -3.72. The lowest BCUT2D eigenvalue weighted by atomic mass is 9.95. The second-order valence-corrected chi connectivity index (χ2v) is 9.02. The Morgan fingerprint density at radius 1 is 1.12 bits per heavy atom. The third kappa shape index (κ3) is 5.38. The van der Waals surface area contributed by atoms with E-state index < -0.39 is 23.4 Å². The first-order valence-corrected chi connectivity index (χ1v) is 10.7. The SMILES string of the molecule is C=CC(=O)C1CCN(c2nc(Nc3ccc(NC(=O)C(C)(C)C)cc3)ccc2C(N)=O)C1N. The quantitative estimate of drug-likeness (QED) is 0.475. The molecule has 1 aromatic carbocycles. The van der Waals surface area contributed by atoms with E-state index in [2.05, 4.69) is 22.2 Å². The van der Waals surface area contributed by atoms with Crippen molar-refractivity contribution in [2.75, 3.05) is 22.1 Å². The van der Waals surface area contributed by atoms with Crippen molar-refractivity contribution in [2.45, 2.75) is 33.4 Å². The molecule has 2 heterocycles. The topological polar surface area (TPSA) is 143 Å². The highest BCUT2D eigenvalue weighted by Gasteiger charge is 2.37. The van der Waals surface area contributed by atoms with Crippen LogP contribution in [0, 0.1) is 11.3 Å². The van der Waals surface area contributed by atoms with Crippen molar-refractivity contribution >= 4 is 40.6 Å². The van der Waals surface area contributed by atoms with Gasteiger partial charge in [-0.25, -0.2) is 4.98 Å². The minimum absolute atomic E-state index is 0.0771. The average molecular weight is 451 g/mol. The Kier molecular flexibility index (Phi) is 6.83. The summed E-state index contributed by atoms with van der Waals surface area (Å²) in [6.45, 7) is 9.53. The van der Waals surface area contributed by atoms with Gasteiger partial charge in [-0.1, -0.05) is 27.4 Å². The molecule has 174 valence electrons. The number of nitrogens with one attached hydrogen (secondary N) is 2. The summed E-state index contributed by atoms with van der Waals surface area (Å²) in [5.41, 5.74) is 13.0. The number of primary amides is 1. The number of rotatable bonds is 7. The molecule has 6 N–H and O–H groups in total. The molecule has 0 radical (unpaired) electrons. The number of hydrogen-bond acceptors (Lipinski definition) is 7. The maximum absolute atomic E-state index is 12.2. The Labute approximate surface area is 193 Å². The van der Waals surface area contributed by atoms with Crippen LogP contribution in [0.1, 0.15) is 37.6 Å². The van der Waals surface area contributed by atoms with E-state index in [1.54, 1.807) is 29.2 Å². The number of aromatic nitrogens is 1. The van der Waals surface area contributed by atoms with Crippen molar-refractivity contribution in [3.63, 3.8) is 0 Å². The zero-order valence-electron chi connectivity index (χ0n) is 19.1. The number of allylic oxidation sites excluding steroid dienone is 1. The molecular formula is C24H30N6O3. The van der Waals surface area contributed by atoms with E-state index in [-0.39, 0.29) is 17.3 Å². The number of carbonyl (C=O) groups excluding carboxylic acids is 3. The van der Waals surface area contributed by atoms with E-state index in [0.717, 1.165) is 5.69 Å². The second kappa shape index (κ2) is 9.41. The summed E-state index contributed by atoms with van der Waals surface area (Å²) >= 11 is 0. The smallest absolute Gasteiger partial charge is 0.252 e. The van der Waals surface area contributed by atoms with Crippen LogP contribution >= 0.6 is 0 Å². The third-order valence-electron chi connectivity index (χ3n) is 5.53. The maximum Gasteiger partial charge on any atom is 0.252 e. The fourth-order valence-corrected chi connectivity index (χ4v) is 3.56. The van der Waals surface area contributed by atoms with Gasteiger partial charge in [-0.05, 0) is 48.9 Å². The molecule has 1 aliphatic rings. The first-order chi connectivity index (χ1) is 15.5. The van der Waals surface area contributed by atoms with E-state index in [1.165, 1.54) is 6.08 Å². The minimum atomic E-state index is -0.637. The van der Waals surface area contributed by atoms with Gasteiger partial charge in [0.1, 0.15) is 11.6 Å². The molecular weight excluding hydrogens is 420 g/mol. The highest BCUT2D eigenvalue weighted by molar-refractivity contribution is 5.99. The number of ketones is 1. The summed E-state index contributed by atoms with van der Waals surface area (Å²) < 4.78 is 0. The molecule has 1 aliphatic heterocycles. The van der Waals surface area contributed by atoms with Crippen molar-refractivity contribution in [3.8, 4) is 0 Å². The van der Waals surface area contributed by atoms with Gasteiger partial charge >= 0.3 is 0 Å². The molecule has 2 aromatic rings. The van der Waals surface area contributed by atoms with Gasteiger partial charge in [0.2, 0.25) is 5.91 Å². The Morgan fingerprint density at radius 3 is 2.33 bits per heavy atom. The van der Waals surface area contributed by atoms with E-state index in [4.69, 9.17) is 11.5 Å². The molecule has 1 aromatic heterocycles. The number of nitrogens with zero attached hydrogens (tertiary/aromatic N) is 2. The Morgan fingerprint density at radius 2 is 1.76 bits per heavy atom. The van der Waals surface area contributed by atoms with Gasteiger partial charge in [0.25, 0.3) is 5.91 Å². The van der Waals surface area contributed by atoms with Crippen LogP contribution in [0.15, 0.2) is 49.1 Å². The van der Waals surface area contributed by atoms with Crippen LogP contribution in [0.3, 0.4) is 0 Å². The molecule has 33 heavy (non-hydrogen) atoms. The number of benzene rings is 1. The molecule has 0 bridgehead atoms. The van der Waals surface area contributed by atoms with E-state index >= 15 is 0 Å². The number of amides is 2. The van der Waals surface area contributed by atoms with Gasteiger partial charge in [0.05, 0.1) is 17.6 Å². The highest BCUT2D eigenvalue weighted by atomic mass is 16.2. The van der Waals surface area contributed by atoms with Gasteiger partial charge in [-0.2, -0.15) is 0 Å². The number of carbonyl (C=O) groups is 3. The molecule has 1 saturated heterocycles. The average Bonchev–Trinajstić information content (AvgIpc) is 3.14. The minimum Gasteiger partial charge on any atom is -0.365 e. The van der Waals surface area contributed by atoms with E-state index in [1.807, 2.05) is 32.9 Å². The second-order valence-electron chi connectivity index (χ2n) is 9.02. The lowest BCUT2D eigenvalue weighted by molar-refractivity contribution is -0.123. The number of pyridine rings is 1. The van der Waals surface area contributed by atoms with Gasteiger partial charge in [-0.3, -0.25) is 14.4 Å². The molecule has 2 unspecified atom stereocenters. The van der Waals surface area contributed by atoms with Gasteiger partial charge in [-0.15, -0.1) is 0 Å². The predicted molar refractivity (Wildman–Crippen MR) is 129 cm³/mol. The molecule has 2 amide bonds. The number of anilines is 4. The summed E-state index contributed by atoms with van der Waals surface area (Å²) in [7, 11) is 0. The lowest BCUT2D eigenvalue weighted by Crippen LogP contribution is -2.43. The Balaban J connectivity index is 1.81. The molecule has 9 nitrogen and oxygen atoms in total. The molecule has 3 rings (SSSR count). The lowest BCUT2D eigenvalue weighted by Gasteiger charge is -2.26. The van der Waals surface area contributed by atoms with Crippen molar-refractivity contribution in [1.82, 2.24) is 4.98 Å². The van der Waals surface area contributed by atoms with E-state index in [0.29, 0.717) is 30.3 Å². The maximum atomic E-state index is 12.2. The van der Waals surface area contributed by atoms with Gasteiger partial charge in [0, 0.05) is 23.3 Å². The largest absolute Gasteiger partial charge is 0.365 e. The molecule has 1 fully saturated rings. The third-order valence-corrected chi connectivity index (χ3v) is 5.53. The molecule has 0 saturated carbocycles. The first kappa shape index (κ1) is 23.9. The zero-order chi connectivity index (χ0) is 24.3. The van der Waals surface area contributed by atoms with Crippen molar-refractivity contribution in [1.29, 1.82) is 0 Å². The summed E-state index contributed by atoms with van der Waals surface area (Å²) in [6, 6.07) is 10.4. The van der Waals surface area contributed by atoms with Crippen molar-refractivity contribution in [3.05, 3.63) is 54.6 Å². The van der Waals surface area contributed by atoms with Gasteiger partial charge < -0.3 is 27.0 Å². The first-order valence-electron chi connectivity index (χ1n) is 10.7.